The molecular formula is C5H7N3OS. The van der Waals surface area contributed by atoms with Crippen LogP contribution in [-0.2, 0) is 4.79 Å². The van der Waals surface area contributed by atoms with Crippen LogP contribution in [0.5, 0.6) is 0 Å². The predicted molar refractivity (Wildman–Crippen MR) is 39.7 cm³/mol. The van der Waals surface area contributed by atoms with Gasteiger partial charge in [0.05, 0.1) is 6.54 Å². The van der Waals surface area contributed by atoms with Crippen LogP contribution in [0.3, 0.4) is 0 Å². The second-order valence-corrected chi connectivity index (χ2v) is 2.51. The van der Waals surface area contributed by atoms with Gasteiger partial charge in [-0.25, -0.2) is 10.8 Å². The zero-order chi connectivity index (χ0) is 7.40. The quantitative estimate of drug-likeness (QED) is 0.382. The number of aromatic nitrogens is 1. The van der Waals surface area contributed by atoms with Gasteiger partial charge in [-0.3, -0.25) is 5.01 Å². The van der Waals surface area contributed by atoms with E-state index in [1.807, 2.05) is 0 Å². The van der Waals surface area contributed by atoms with Crippen LogP contribution in [0, 0.1) is 0 Å². The zero-order valence-corrected chi connectivity index (χ0v) is 6.04. The van der Waals surface area contributed by atoms with Gasteiger partial charge in [-0.1, -0.05) is 0 Å². The van der Waals surface area contributed by atoms with Crippen molar-refractivity contribution >= 4 is 22.8 Å². The maximum absolute atomic E-state index is 9.97. The molecule has 4 nitrogen and oxygen atoms in total. The highest BCUT2D eigenvalue weighted by Gasteiger charge is 2.00. The van der Waals surface area contributed by atoms with Crippen LogP contribution in [-0.4, -0.2) is 17.8 Å². The largest absolute Gasteiger partial charge is 0.301 e. The first-order valence-corrected chi connectivity index (χ1v) is 3.58. The molecule has 0 fully saturated rings. The third-order valence-electron chi connectivity index (χ3n) is 0.936. The molecular weight excluding hydrogens is 150 g/mol. The molecule has 10 heavy (non-hydrogen) atoms. The number of nitrogens with two attached hydrogens (primary N) is 1. The van der Waals surface area contributed by atoms with E-state index in [1.54, 1.807) is 11.6 Å². The number of aldehydes is 1. The Bertz CT molecular complexity index is 199. The lowest BCUT2D eigenvalue weighted by Gasteiger charge is -2.09. The fraction of sp³-hybridized carbons (Fsp3) is 0.200. The van der Waals surface area contributed by atoms with Gasteiger partial charge >= 0.3 is 0 Å². The van der Waals surface area contributed by atoms with E-state index in [9.17, 15) is 4.79 Å². The van der Waals surface area contributed by atoms with Crippen molar-refractivity contribution in [1.82, 2.24) is 4.98 Å². The first-order valence-electron chi connectivity index (χ1n) is 2.70. The van der Waals surface area contributed by atoms with Crippen LogP contribution < -0.4 is 10.9 Å². The number of hydrogen-bond donors (Lipinski definition) is 1. The Labute approximate surface area is 62.3 Å². The average molecular weight is 157 g/mol. The Morgan fingerprint density at radius 3 is 3.20 bits per heavy atom. The second-order valence-electron chi connectivity index (χ2n) is 1.63. The molecule has 0 saturated heterocycles. The van der Waals surface area contributed by atoms with E-state index in [2.05, 4.69) is 4.98 Å². The smallest absolute Gasteiger partial charge is 0.199 e. The first kappa shape index (κ1) is 7.17. The minimum absolute atomic E-state index is 0.188. The van der Waals surface area contributed by atoms with Crippen molar-refractivity contribution < 1.29 is 4.79 Å². The molecule has 1 aromatic rings. The first-order chi connectivity index (χ1) is 4.84. The van der Waals surface area contributed by atoms with Crippen LogP contribution in [0.25, 0.3) is 0 Å². The summed E-state index contributed by atoms with van der Waals surface area (Å²) in [5.74, 6) is 5.40. The van der Waals surface area contributed by atoms with E-state index < -0.39 is 0 Å². The van der Waals surface area contributed by atoms with Crippen LogP contribution in [0.4, 0.5) is 5.13 Å². The summed E-state index contributed by atoms with van der Waals surface area (Å²) in [6, 6.07) is 0. The summed E-state index contributed by atoms with van der Waals surface area (Å²) in [5, 5.41) is 3.77. The molecule has 2 N–H and O–H groups in total. The third kappa shape index (κ3) is 1.52. The lowest BCUT2D eigenvalue weighted by atomic mass is 10.7. The molecule has 0 aromatic carbocycles. The van der Waals surface area contributed by atoms with Crippen LogP contribution in [0.1, 0.15) is 0 Å². The highest BCUT2D eigenvalue weighted by Crippen LogP contribution is 2.12. The van der Waals surface area contributed by atoms with Gasteiger partial charge in [0.2, 0.25) is 0 Å². The molecule has 0 atom stereocenters. The Morgan fingerprint density at radius 1 is 1.90 bits per heavy atom. The van der Waals surface area contributed by atoms with Gasteiger partial charge in [0.15, 0.2) is 5.13 Å². The maximum Gasteiger partial charge on any atom is 0.199 e. The van der Waals surface area contributed by atoms with Gasteiger partial charge in [-0.15, -0.1) is 11.3 Å². The van der Waals surface area contributed by atoms with Gasteiger partial charge < -0.3 is 4.79 Å². The molecule has 0 aliphatic carbocycles. The summed E-state index contributed by atoms with van der Waals surface area (Å²) in [4.78, 5) is 13.9. The van der Waals surface area contributed by atoms with Crippen molar-refractivity contribution in [3.8, 4) is 0 Å². The number of carbonyl (C=O) groups is 1. The molecule has 1 heterocycles. The molecule has 5 heteroatoms. The Balaban J connectivity index is 2.58. The number of thiazole rings is 1. The van der Waals surface area contributed by atoms with Gasteiger partial charge in [0.25, 0.3) is 0 Å². The molecule has 1 rings (SSSR count). The van der Waals surface area contributed by atoms with Crippen molar-refractivity contribution in [3.63, 3.8) is 0 Å². The Kier molecular flexibility index (Phi) is 2.35. The fourth-order valence-corrected chi connectivity index (χ4v) is 1.09. The minimum atomic E-state index is 0.188. The van der Waals surface area contributed by atoms with Crippen molar-refractivity contribution in [2.45, 2.75) is 0 Å². The molecule has 0 spiro atoms. The van der Waals surface area contributed by atoms with Crippen LogP contribution >= 0.6 is 11.3 Å². The van der Waals surface area contributed by atoms with Gasteiger partial charge in [-0.2, -0.15) is 0 Å². The lowest BCUT2D eigenvalue weighted by Crippen LogP contribution is -2.32. The van der Waals surface area contributed by atoms with E-state index in [0.717, 1.165) is 6.29 Å². The van der Waals surface area contributed by atoms with E-state index in [0.29, 0.717) is 5.13 Å². The summed E-state index contributed by atoms with van der Waals surface area (Å²) in [6.45, 7) is 0.188. The van der Waals surface area contributed by atoms with E-state index >= 15 is 0 Å². The molecule has 54 valence electrons. The molecule has 0 radical (unpaired) electrons. The van der Waals surface area contributed by atoms with E-state index in [-0.39, 0.29) is 6.54 Å². The lowest BCUT2D eigenvalue weighted by molar-refractivity contribution is -0.106. The van der Waals surface area contributed by atoms with Gasteiger partial charge in [-0.05, 0) is 0 Å². The summed E-state index contributed by atoms with van der Waals surface area (Å²) >= 11 is 1.40. The topological polar surface area (TPSA) is 59.2 Å². The Morgan fingerprint density at radius 2 is 2.70 bits per heavy atom. The fourth-order valence-electron chi connectivity index (χ4n) is 0.516. The molecule has 0 aliphatic rings. The van der Waals surface area contributed by atoms with E-state index in [1.165, 1.54) is 16.3 Å². The highest BCUT2D eigenvalue weighted by molar-refractivity contribution is 7.13. The Hall–Kier alpha value is -0.940. The predicted octanol–water partition coefficient (Wildman–Crippen LogP) is 0.0221. The number of anilines is 1. The normalized spacial score (nSPS) is 9.30. The molecule has 0 saturated carbocycles. The summed E-state index contributed by atoms with van der Waals surface area (Å²) in [5.41, 5.74) is 0. The van der Waals surface area contributed by atoms with Crippen LogP contribution in [0.2, 0.25) is 0 Å². The van der Waals surface area contributed by atoms with E-state index in [4.69, 9.17) is 5.84 Å². The average Bonchev–Trinajstić information content (AvgIpc) is 2.38. The number of hydrazine groups is 1. The molecule has 0 bridgehead atoms. The second kappa shape index (κ2) is 3.28. The number of carbonyl (C=O) groups excluding carboxylic acids is 1. The van der Waals surface area contributed by atoms with Crippen molar-refractivity contribution in [3.05, 3.63) is 11.6 Å². The molecule has 0 unspecified atom stereocenters. The monoisotopic (exact) mass is 157 g/mol. The van der Waals surface area contributed by atoms with Crippen LogP contribution in [0.15, 0.2) is 11.6 Å². The zero-order valence-electron chi connectivity index (χ0n) is 5.23. The maximum atomic E-state index is 9.97. The molecule has 0 amide bonds. The third-order valence-corrected chi connectivity index (χ3v) is 1.74. The van der Waals surface area contributed by atoms with Gasteiger partial charge in [0.1, 0.15) is 6.29 Å². The molecule has 0 aliphatic heterocycles. The number of rotatable bonds is 3. The summed E-state index contributed by atoms with van der Waals surface area (Å²) in [7, 11) is 0. The van der Waals surface area contributed by atoms with Gasteiger partial charge in [0, 0.05) is 11.6 Å². The highest BCUT2D eigenvalue weighted by atomic mass is 32.1. The summed E-state index contributed by atoms with van der Waals surface area (Å²) in [6.07, 6.45) is 2.38. The van der Waals surface area contributed by atoms with Crippen molar-refractivity contribution in [2.75, 3.05) is 11.6 Å². The number of nitrogens with zero attached hydrogens (tertiary/aromatic N) is 2. The standard InChI is InChI=1S/C5H7N3OS/c6-8(2-3-9)5-7-1-4-10-5/h1,3-4H,2,6H2. The SMILES string of the molecule is NN(CC=O)c1nccs1. The minimum Gasteiger partial charge on any atom is -0.301 e. The molecule has 1 aromatic heterocycles. The van der Waals surface area contributed by atoms with Crippen molar-refractivity contribution in [1.29, 1.82) is 0 Å². The number of hydrogen-bond acceptors (Lipinski definition) is 5. The van der Waals surface area contributed by atoms with Crippen molar-refractivity contribution in [2.24, 2.45) is 5.84 Å². The summed E-state index contributed by atoms with van der Waals surface area (Å²) < 4.78 is 0.